The van der Waals surface area contributed by atoms with Crippen LogP contribution in [0.3, 0.4) is 0 Å². The highest BCUT2D eigenvalue weighted by molar-refractivity contribution is 7.85. The van der Waals surface area contributed by atoms with Crippen LogP contribution in [-0.4, -0.2) is 38.7 Å². The Morgan fingerprint density at radius 1 is 1.24 bits per heavy atom. The minimum absolute atomic E-state index is 0.00985. The van der Waals surface area contributed by atoms with E-state index in [1.54, 1.807) is 41.0 Å². The first kappa shape index (κ1) is 23.1. The van der Waals surface area contributed by atoms with E-state index in [0.29, 0.717) is 45.0 Å². The Kier molecular flexibility index (Phi) is 6.90. The predicted molar refractivity (Wildman–Crippen MR) is 122 cm³/mol. The van der Waals surface area contributed by atoms with E-state index in [1.165, 1.54) is 7.11 Å². The van der Waals surface area contributed by atoms with Crippen LogP contribution in [0.1, 0.15) is 41.6 Å². The smallest absolute Gasteiger partial charge is 0.355 e. The van der Waals surface area contributed by atoms with Crippen LogP contribution in [0.5, 0.6) is 17.2 Å². The van der Waals surface area contributed by atoms with Gasteiger partial charge in [-0.25, -0.2) is 14.0 Å². The molecule has 10 heteroatoms. The van der Waals surface area contributed by atoms with Crippen molar-refractivity contribution in [1.29, 1.82) is 0 Å². The average Bonchev–Trinajstić information content (AvgIpc) is 3.41. The molecule has 1 atom stereocenters. The number of ether oxygens (including phenoxy) is 3. The summed E-state index contributed by atoms with van der Waals surface area (Å²) >= 11 is 6.45. The molecule has 2 aromatic carbocycles. The Morgan fingerprint density at radius 3 is 2.58 bits per heavy atom. The second kappa shape index (κ2) is 9.84. The number of carboxylic acid groups (broad SMARTS) is 1. The molecule has 4 rings (SSSR count). The van der Waals surface area contributed by atoms with Gasteiger partial charge in [0.05, 0.1) is 13.7 Å². The van der Waals surface area contributed by atoms with E-state index < -0.39 is 16.8 Å². The quantitative estimate of drug-likeness (QED) is 0.470. The Bertz CT molecular complexity index is 1210. The third-order valence-corrected chi connectivity index (χ3v) is 6.98. The molecule has 0 fully saturated rings. The van der Waals surface area contributed by atoms with E-state index in [4.69, 9.17) is 25.8 Å². The maximum atomic E-state index is 13.4. The number of halogens is 1. The lowest BCUT2D eigenvalue weighted by Crippen LogP contribution is -2.14. The SMILES string of the molecule is CCCCc1nc(S(=O)c2ccc(OC)cc2)c(C(=O)O)n1Cc1cc2c(cc1Cl)OCO2. The van der Waals surface area contributed by atoms with Crippen LogP contribution in [0.25, 0.3) is 0 Å². The molecule has 2 heterocycles. The van der Waals surface area contributed by atoms with Crippen LogP contribution in [0.4, 0.5) is 0 Å². The molecule has 1 aliphatic heterocycles. The highest BCUT2D eigenvalue weighted by Crippen LogP contribution is 2.37. The Balaban J connectivity index is 1.79. The molecule has 174 valence electrons. The fourth-order valence-corrected chi connectivity index (χ4v) is 4.95. The van der Waals surface area contributed by atoms with Gasteiger partial charge in [0, 0.05) is 22.4 Å². The summed E-state index contributed by atoms with van der Waals surface area (Å²) in [5.41, 5.74) is 0.532. The van der Waals surface area contributed by atoms with E-state index in [-0.39, 0.29) is 24.1 Å². The lowest BCUT2D eigenvalue weighted by Gasteiger charge is -2.12. The van der Waals surface area contributed by atoms with Crippen molar-refractivity contribution in [3.63, 3.8) is 0 Å². The number of carboxylic acids is 1. The molecule has 1 N–H and O–H groups in total. The lowest BCUT2D eigenvalue weighted by molar-refractivity contribution is 0.0680. The molecule has 0 amide bonds. The first-order valence-electron chi connectivity index (χ1n) is 10.4. The van der Waals surface area contributed by atoms with Gasteiger partial charge >= 0.3 is 5.97 Å². The van der Waals surface area contributed by atoms with Crippen molar-refractivity contribution >= 4 is 28.4 Å². The van der Waals surface area contributed by atoms with Gasteiger partial charge in [0.25, 0.3) is 0 Å². The summed E-state index contributed by atoms with van der Waals surface area (Å²) in [4.78, 5) is 17.3. The number of fused-ring (bicyclic) bond motifs is 1. The van der Waals surface area contributed by atoms with Gasteiger partial charge in [-0.1, -0.05) is 24.9 Å². The minimum Gasteiger partial charge on any atom is -0.497 e. The third kappa shape index (κ3) is 4.69. The molecule has 1 unspecified atom stereocenters. The summed E-state index contributed by atoms with van der Waals surface area (Å²) in [6.07, 6.45) is 2.25. The number of hydrogen-bond acceptors (Lipinski definition) is 6. The number of benzene rings is 2. The standard InChI is InChI=1S/C23H23ClN2O6S/c1-3-4-5-20-25-22(33(29)16-8-6-15(30-2)7-9-16)21(23(27)28)26(20)12-14-10-18-19(11-17(14)24)32-13-31-18/h6-11H,3-5,12-13H2,1-2H3,(H,27,28). The summed E-state index contributed by atoms with van der Waals surface area (Å²) < 4.78 is 30.9. The summed E-state index contributed by atoms with van der Waals surface area (Å²) in [5, 5.41) is 10.5. The van der Waals surface area contributed by atoms with Crippen LogP contribution in [0, 0.1) is 0 Å². The van der Waals surface area contributed by atoms with Crippen LogP contribution in [-0.2, 0) is 23.8 Å². The van der Waals surface area contributed by atoms with Gasteiger partial charge in [0.1, 0.15) is 22.4 Å². The molecule has 0 spiro atoms. The number of imidazole rings is 1. The topological polar surface area (TPSA) is 99.9 Å². The van der Waals surface area contributed by atoms with Gasteiger partial charge < -0.3 is 23.9 Å². The monoisotopic (exact) mass is 490 g/mol. The van der Waals surface area contributed by atoms with Gasteiger partial charge in [-0.05, 0) is 42.3 Å². The first-order valence-corrected chi connectivity index (χ1v) is 11.9. The van der Waals surface area contributed by atoms with Crippen molar-refractivity contribution in [2.45, 2.75) is 42.7 Å². The molecule has 0 aliphatic carbocycles. The number of aromatic carboxylic acids is 1. The number of hydrogen-bond donors (Lipinski definition) is 1. The Labute approximate surface area is 198 Å². The average molecular weight is 491 g/mol. The zero-order chi connectivity index (χ0) is 23.5. The Hall–Kier alpha value is -3.04. The van der Waals surface area contributed by atoms with Gasteiger partial charge in [-0.15, -0.1) is 0 Å². The highest BCUT2D eigenvalue weighted by Gasteiger charge is 2.28. The second-order valence-corrected chi connectivity index (χ2v) is 9.22. The van der Waals surface area contributed by atoms with Crippen molar-refractivity contribution in [2.75, 3.05) is 13.9 Å². The van der Waals surface area contributed by atoms with E-state index in [2.05, 4.69) is 4.98 Å². The van der Waals surface area contributed by atoms with E-state index >= 15 is 0 Å². The molecule has 1 aliphatic rings. The number of unbranched alkanes of at least 4 members (excludes halogenated alkanes) is 1. The normalized spacial score (nSPS) is 13.2. The van der Waals surface area contributed by atoms with Crippen LogP contribution in [0.15, 0.2) is 46.3 Å². The number of methoxy groups -OCH3 is 1. The largest absolute Gasteiger partial charge is 0.497 e. The Morgan fingerprint density at radius 2 is 1.94 bits per heavy atom. The molecule has 0 bridgehead atoms. The summed E-state index contributed by atoms with van der Waals surface area (Å²) in [6, 6.07) is 10.0. The van der Waals surface area contributed by atoms with Crippen LogP contribution >= 0.6 is 11.6 Å². The molecule has 0 saturated heterocycles. The predicted octanol–water partition coefficient (Wildman–Crippen LogP) is 4.53. The van der Waals surface area contributed by atoms with Crippen molar-refractivity contribution in [1.82, 2.24) is 9.55 Å². The first-order chi connectivity index (χ1) is 15.9. The fourth-order valence-electron chi connectivity index (χ4n) is 3.57. The number of nitrogens with zero attached hydrogens (tertiary/aromatic N) is 2. The molecule has 3 aromatic rings. The van der Waals surface area contributed by atoms with Crippen molar-refractivity contribution in [3.8, 4) is 17.2 Å². The number of rotatable bonds is 9. The van der Waals surface area contributed by atoms with Gasteiger partial charge in [0.2, 0.25) is 6.79 Å². The second-order valence-electron chi connectivity index (χ2n) is 7.42. The fraction of sp³-hybridized carbons (Fsp3) is 0.304. The zero-order valence-electron chi connectivity index (χ0n) is 18.2. The molecule has 0 radical (unpaired) electrons. The van der Waals surface area contributed by atoms with E-state index in [0.717, 1.165) is 12.8 Å². The number of carbonyl (C=O) groups is 1. The third-order valence-electron chi connectivity index (χ3n) is 5.29. The molecule has 8 nitrogen and oxygen atoms in total. The molecule has 33 heavy (non-hydrogen) atoms. The maximum Gasteiger partial charge on any atom is 0.355 e. The molecule has 0 saturated carbocycles. The van der Waals surface area contributed by atoms with Crippen molar-refractivity contribution in [2.24, 2.45) is 0 Å². The maximum absolute atomic E-state index is 13.4. The highest BCUT2D eigenvalue weighted by atomic mass is 35.5. The van der Waals surface area contributed by atoms with Gasteiger partial charge in [-0.2, -0.15) is 0 Å². The minimum atomic E-state index is -1.79. The molecular formula is C23H23ClN2O6S. The van der Waals surface area contributed by atoms with Gasteiger partial charge in [-0.3, -0.25) is 0 Å². The molecule has 1 aromatic heterocycles. The summed E-state index contributed by atoms with van der Waals surface area (Å²) in [5.74, 6) is 1.03. The van der Waals surface area contributed by atoms with Gasteiger partial charge in [0.15, 0.2) is 22.2 Å². The summed E-state index contributed by atoms with van der Waals surface area (Å²) in [6.45, 7) is 2.28. The van der Waals surface area contributed by atoms with E-state index in [1.807, 2.05) is 6.92 Å². The van der Waals surface area contributed by atoms with Crippen LogP contribution < -0.4 is 14.2 Å². The zero-order valence-corrected chi connectivity index (χ0v) is 19.7. The van der Waals surface area contributed by atoms with E-state index in [9.17, 15) is 14.1 Å². The number of aromatic nitrogens is 2. The molecular weight excluding hydrogens is 468 g/mol. The lowest BCUT2D eigenvalue weighted by atomic mass is 10.2. The number of aryl methyl sites for hydroxylation is 1. The van der Waals surface area contributed by atoms with Crippen LogP contribution in [0.2, 0.25) is 5.02 Å². The summed E-state index contributed by atoms with van der Waals surface area (Å²) in [7, 11) is -0.254. The van der Waals surface area contributed by atoms with Crippen molar-refractivity contribution < 1.29 is 28.3 Å². The van der Waals surface area contributed by atoms with Crippen molar-refractivity contribution in [3.05, 3.63) is 58.5 Å².